The minimum absolute atomic E-state index is 0.0149. The third-order valence-corrected chi connectivity index (χ3v) is 3.48. The Morgan fingerprint density at radius 3 is 2.30 bits per heavy atom. The highest BCUT2D eigenvalue weighted by Gasteiger charge is 2.15. The fraction of sp³-hybridized carbons (Fsp3) is 0.467. The molecule has 0 bridgehead atoms. The molecule has 4 nitrogen and oxygen atoms in total. The third-order valence-electron chi connectivity index (χ3n) is 2.54. The second-order valence-electron chi connectivity index (χ2n) is 5.82. The smallest absolute Gasteiger partial charge is 0.252 e. The molecule has 0 saturated carbocycles. The maximum Gasteiger partial charge on any atom is 0.252 e. The molecule has 20 heavy (non-hydrogen) atoms. The normalized spacial score (nSPS) is 11.0. The molecule has 0 spiro atoms. The minimum Gasteiger partial charge on any atom is -0.354 e. The topological polar surface area (TPSA) is 58.2 Å². The van der Waals surface area contributed by atoms with Crippen LogP contribution < -0.4 is 10.6 Å². The average molecular weight is 388 g/mol. The summed E-state index contributed by atoms with van der Waals surface area (Å²) in [5, 5.41) is 5.60. The van der Waals surface area contributed by atoms with E-state index < -0.39 is 0 Å². The van der Waals surface area contributed by atoms with Gasteiger partial charge in [-0.2, -0.15) is 0 Å². The van der Waals surface area contributed by atoms with Crippen LogP contribution in [0, 0.1) is 8.99 Å². The Morgan fingerprint density at radius 2 is 1.70 bits per heavy atom. The zero-order chi connectivity index (χ0) is 15.2. The van der Waals surface area contributed by atoms with E-state index in [1.165, 1.54) is 0 Å². The summed E-state index contributed by atoms with van der Waals surface area (Å²) in [6.45, 7) is 6.94. The van der Waals surface area contributed by atoms with E-state index in [1.807, 2.05) is 39.0 Å². The van der Waals surface area contributed by atoms with Crippen LogP contribution in [0.5, 0.6) is 0 Å². The van der Waals surface area contributed by atoms with E-state index in [-0.39, 0.29) is 17.2 Å². The van der Waals surface area contributed by atoms with Crippen molar-refractivity contribution in [3.63, 3.8) is 0 Å². The number of amides is 2. The molecular formula is C15H21IN2O2. The maximum atomic E-state index is 11.9. The van der Waals surface area contributed by atoms with Gasteiger partial charge in [-0.05, 0) is 40.1 Å². The fourth-order valence-electron chi connectivity index (χ4n) is 1.66. The van der Waals surface area contributed by atoms with E-state index in [0.29, 0.717) is 25.1 Å². The summed E-state index contributed by atoms with van der Waals surface area (Å²) < 4.78 is 0.916. The van der Waals surface area contributed by atoms with Crippen LogP contribution in [-0.2, 0) is 4.79 Å². The van der Waals surface area contributed by atoms with Gasteiger partial charge in [-0.3, -0.25) is 9.59 Å². The van der Waals surface area contributed by atoms with E-state index in [9.17, 15) is 9.59 Å². The molecule has 0 fully saturated rings. The Labute approximate surface area is 133 Å². The highest BCUT2D eigenvalue weighted by molar-refractivity contribution is 14.1. The van der Waals surface area contributed by atoms with Crippen LogP contribution in [-0.4, -0.2) is 24.9 Å². The summed E-state index contributed by atoms with van der Waals surface area (Å²) in [5.74, 6) is -0.0962. The quantitative estimate of drug-likeness (QED) is 0.602. The Balaban J connectivity index is 2.30. The molecule has 1 aromatic carbocycles. The lowest BCUT2D eigenvalue weighted by Crippen LogP contribution is -2.36. The van der Waals surface area contributed by atoms with E-state index >= 15 is 0 Å². The number of carbonyl (C=O) groups excluding carboxylic acids is 2. The van der Waals surface area contributed by atoms with E-state index in [4.69, 9.17) is 0 Å². The van der Waals surface area contributed by atoms with E-state index in [1.54, 1.807) is 6.07 Å². The van der Waals surface area contributed by atoms with Gasteiger partial charge in [0.2, 0.25) is 5.91 Å². The lowest BCUT2D eigenvalue weighted by Gasteiger charge is -2.17. The van der Waals surface area contributed by atoms with Crippen molar-refractivity contribution in [3.05, 3.63) is 33.4 Å². The minimum atomic E-state index is -0.111. The van der Waals surface area contributed by atoms with Gasteiger partial charge in [-0.25, -0.2) is 0 Å². The van der Waals surface area contributed by atoms with E-state index in [2.05, 4.69) is 33.2 Å². The molecule has 2 amide bonds. The second kappa shape index (κ2) is 7.61. The van der Waals surface area contributed by atoms with Crippen molar-refractivity contribution in [2.24, 2.45) is 5.41 Å². The maximum absolute atomic E-state index is 11.9. The van der Waals surface area contributed by atoms with Gasteiger partial charge < -0.3 is 10.6 Å². The van der Waals surface area contributed by atoms with Crippen molar-refractivity contribution in [3.8, 4) is 0 Å². The number of halogens is 1. The van der Waals surface area contributed by atoms with Crippen molar-refractivity contribution >= 4 is 34.4 Å². The molecule has 5 heteroatoms. The summed E-state index contributed by atoms with van der Waals surface area (Å²) in [4.78, 5) is 23.5. The summed E-state index contributed by atoms with van der Waals surface area (Å²) in [6, 6.07) is 7.41. The Morgan fingerprint density at radius 1 is 1.10 bits per heavy atom. The molecule has 2 N–H and O–H groups in total. The number of carbonyl (C=O) groups is 2. The molecule has 0 unspecified atom stereocenters. The molecule has 0 heterocycles. The average Bonchev–Trinajstić information content (AvgIpc) is 2.33. The van der Waals surface area contributed by atoms with Crippen molar-refractivity contribution < 1.29 is 9.59 Å². The van der Waals surface area contributed by atoms with Crippen LogP contribution in [0.4, 0.5) is 0 Å². The SMILES string of the molecule is CC(C)(C)CC(=O)NCCNC(=O)c1ccccc1I. The first kappa shape index (κ1) is 16.9. The first-order valence-corrected chi connectivity index (χ1v) is 7.67. The number of hydrogen-bond donors (Lipinski definition) is 2. The summed E-state index contributed by atoms with van der Waals surface area (Å²) in [6.07, 6.45) is 0.484. The molecule has 0 aromatic heterocycles. The van der Waals surface area contributed by atoms with Gasteiger partial charge in [0, 0.05) is 23.1 Å². The van der Waals surface area contributed by atoms with Crippen LogP contribution >= 0.6 is 22.6 Å². The number of nitrogens with one attached hydrogen (secondary N) is 2. The van der Waals surface area contributed by atoms with Gasteiger partial charge in [0.25, 0.3) is 5.91 Å². The van der Waals surface area contributed by atoms with Crippen molar-refractivity contribution in [2.75, 3.05) is 13.1 Å². The largest absolute Gasteiger partial charge is 0.354 e. The van der Waals surface area contributed by atoms with Gasteiger partial charge >= 0.3 is 0 Å². The molecule has 0 radical (unpaired) electrons. The van der Waals surface area contributed by atoms with Crippen molar-refractivity contribution in [1.82, 2.24) is 10.6 Å². The number of benzene rings is 1. The summed E-state index contributed by atoms with van der Waals surface area (Å²) >= 11 is 2.13. The Kier molecular flexibility index (Phi) is 6.45. The molecule has 1 rings (SSSR count). The van der Waals surface area contributed by atoms with Crippen LogP contribution in [0.25, 0.3) is 0 Å². The fourth-order valence-corrected chi connectivity index (χ4v) is 2.30. The highest BCUT2D eigenvalue weighted by Crippen LogP contribution is 2.17. The second-order valence-corrected chi connectivity index (χ2v) is 6.99. The first-order chi connectivity index (χ1) is 9.29. The Hall–Kier alpha value is -1.11. The highest BCUT2D eigenvalue weighted by atomic mass is 127. The van der Waals surface area contributed by atoms with E-state index in [0.717, 1.165) is 3.57 Å². The molecule has 0 aliphatic rings. The standard InChI is InChI=1S/C15H21IN2O2/c1-15(2,3)10-13(19)17-8-9-18-14(20)11-6-4-5-7-12(11)16/h4-7H,8-10H2,1-3H3,(H,17,19)(H,18,20). The number of rotatable bonds is 5. The lowest BCUT2D eigenvalue weighted by molar-refractivity contribution is -0.122. The van der Waals surface area contributed by atoms with Gasteiger partial charge in [0.15, 0.2) is 0 Å². The summed E-state index contributed by atoms with van der Waals surface area (Å²) in [5.41, 5.74) is 0.641. The molecular weight excluding hydrogens is 367 g/mol. The molecule has 110 valence electrons. The van der Waals surface area contributed by atoms with Crippen LogP contribution in [0.1, 0.15) is 37.6 Å². The predicted octanol–water partition coefficient (Wildman–Crippen LogP) is 2.57. The number of hydrogen-bond acceptors (Lipinski definition) is 2. The molecule has 0 aliphatic heterocycles. The monoisotopic (exact) mass is 388 g/mol. The molecule has 0 aliphatic carbocycles. The van der Waals surface area contributed by atoms with Gasteiger partial charge in [-0.15, -0.1) is 0 Å². The van der Waals surface area contributed by atoms with Gasteiger partial charge in [0.1, 0.15) is 0 Å². The summed E-state index contributed by atoms with van der Waals surface area (Å²) in [7, 11) is 0. The zero-order valence-electron chi connectivity index (χ0n) is 12.1. The lowest BCUT2D eigenvalue weighted by atomic mass is 9.92. The van der Waals surface area contributed by atoms with Crippen molar-refractivity contribution in [2.45, 2.75) is 27.2 Å². The molecule has 0 atom stereocenters. The van der Waals surface area contributed by atoms with Crippen LogP contribution in [0.15, 0.2) is 24.3 Å². The predicted molar refractivity (Wildman–Crippen MR) is 88.6 cm³/mol. The molecule has 0 saturated heterocycles. The molecule has 1 aromatic rings. The zero-order valence-corrected chi connectivity index (χ0v) is 14.3. The van der Waals surface area contributed by atoms with Crippen molar-refractivity contribution in [1.29, 1.82) is 0 Å². The third kappa shape index (κ3) is 6.36. The van der Waals surface area contributed by atoms with Gasteiger partial charge in [0.05, 0.1) is 5.56 Å². The first-order valence-electron chi connectivity index (χ1n) is 6.59. The van der Waals surface area contributed by atoms with Gasteiger partial charge in [-0.1, -0.05) is 32.9 Å². The van der Waals surface area contributed by atoms with Crippen LogP contribution in [0.3, 0.4) is 0 Å². The van der Waals surface area contributed by atoms with Crippen LogP contribution in [0.2, 0.25) is 0 Å². The Bertz CT molecular complexity index is 481.